The molecular weight excluding hydrogens is 480 g/mol. The van der Waals surface area contributed by atoms with Gasteiger partial charge in [0.15, 0.2) is 0 Å². The number of hydrogen-bond acceptors (Lipinski definition) is 7. The number of nitrogens with two attached hydrogens (primary N) is 1. The predicted octanol–water partition coefficient (Wildman–Crippen LogP) is 4.74. The van der Waals surface area contributed by atoms with Crippen molar-refractivity contribution < 1.29 is 14.3 Å². The summed E-state index contributed by atoms with van der Waals surface area (Å²) in [6.07, 6.45) is 0.358. The number of para-hydroxylation sites is 1. The van der Waals surface area contributed by atoms with Crippen LogP contribution in [0.25, 0.3) is 10.9 Å². The van der Waals surface area contributed by atoms with Crippen molar-refractivity contribution in [2.45, 2.75) is 20.0 Å². The number of ether oxygens (including phenoxy) is 2. The quantitative estimate of drug-likeness (QED) is 0.270. The summed E-state index contributed by atoms with van der Waals surface area (Å²) in [5.41, 5.74) is 9.95. The SMILES string of the molecule is CC.COc1ccc2nccc(C(=N)O/C(N)=N/C3N=C(c4ccccc4)c4ccccc4NC3=O)c2c1. The number of carbonyl (C=O) groups excluding carboxylic acids is 1. The lowest BCUT2D eigenvalue weighted by Crippen LogP contribution is -2.29. The second-order valence-electron chi connectivity index (χ2n) is 7.89. The van der Waals surface area contributed by atoms with Gasteiger partial charge in [0.25, 0.3) is 11.9 Å². The first-order chi connectivity index (χ1) is 18.5. The molecule has 1 amide bonds. The van der Waals surface area contributed by atoms with Crippen LogP contribution in [-0.2, 0) is 9.53 Å². The second-order valence-corrected chi connectivity index (χ2v) is 7.89. The first-order valence-electron chi connectivity index (χ1n) is 12.1. The number of carbonyl (C=O) groups is 1. The van der Waals surface area contributed by atoms with E-state index in [1.54, 1.807) is 43.6 Å². The Hall–Kier alpha value is -5.05. The highest BCUT2D eigenvalue weighted by molar-refractivity contribution is 6.19. The molecule has 0 fully saturated rings. The van der Waals surface area contributed by atoms with E-state index < -0.39 is 12.1 Å². The maximum Gasteiger partial charge on any atom is 0.291 e. The van der Waals surface area contributed by atoms with Gasteiger partial charge in [-0.05, 0) is 30.3 Å². The highest BCUT2D eigenvalue weighted by Crippen LogP contribution is 2.25. The summed E-state index contributed by atoms with van der Waals surface area (Å²) in [5.74, 6) is -0.101. The zero-order valence-electron chi connectivity index (χ0n) is 21.3. The Labute approximate surface area is 220 Å². The standard InChI is InChI=1S/C27H22N6O3.C2H6/c1-35-17-11-12-21-20(15-17)18(13-14-30-21)24(28)36-27(29)33-25-26(34)31-22-10-6-5-9-19(22)23(32-25)16-7-3-2-4-8-16;1-2/h2-15,25,28H,1H3,(H2,29,33)(H,31,34);1-2H3. The normalized spacial score (nSPS) is 14.7. The third kappa shape index (κ3) is 5.52. The van der Waals surface area contributed by atoms with E-state index in [9.17, 15) is 4.79 Å². The van der Waals surface area contributed by atoms with Crippen LogP contribution in [-0.4, -0.2) is 41.8 Å². The number of amides is 1. The minimum Gasteiger partial charge on any atom is -0.497 e. The largest absolute Gasteiger partial charge is 0.497 e. The fraction of sp³-hybridized carbons (Fsp3) is 0.138. The molecule has 1 aromatic heterocycles. The Balaban J connectivity index is 0.00000164. The van der Waals surface area contributed by atoms with Gasteiger partial charge in [-0.1, -0.05) is 62.4 Å². The summed E-state index contributed by atoms with van der Waals surface area (Å²) in [5, 5.41) is 12.0. The number of nitrogens with zero attached hydrogens (tertiary/aromatic N) is 3. The van der Waals surface area contributed by atoms with Crippen LogP contribution < -0.4 is 15.8 Å². The van der Waals surface area contributed by atoms with Gasteiger partial charge in [0.2, 0.25) is 12.1 Å². The van der Waals surface area contributed by atoms with E-state index in [1.165, 1.54) is 0 Å². The van der Waals surface area contributed by atoms with Crippen molar-refractivity contribution >= 4 is 40.1 Å². The number of amidine groups is 1. The maximum absolute atomic E-state index is 13.0. The average Bonchev–Trinajstić information content (AvgIpc) is 3.09. The highest BCUT2D eigenvalue weighted by Gasteiger charge is 2.26. The van der Waals surface area contributed by atoms with E-state index >= 15 is 0 Å². The fourth-order valence-electron chi connectivity index (χ4n) is 3.92. The van der Waals surface area contributed by atoms with E-state index in [0.717, 1.165) is 11.1 Å². The molecular formula is C29H28N6O3. The number of nitrogens with one attached hydrogen (secondary N) is 2. The molecule has 0 saturated heterocycles. The molecule has 4 aromatic rings. The molecule has 1 unspecified atom stereocenters. The van der Waals surface area contributed by atoms with Crippen LogP contribution in [0.2, 0.25) is 0 Å². The van der Waals surface area contributed by atoms with E-state index in [-0.39, 0.29) is 11.9 Å². The molecule has 9 heteroatoms. The van der Waals surface area contributed by atoms with Crippen molar-refractivity contribution in [3.8, 4) is 5.75 Å². The summed E-state index contributed by atoms with van der Waals surface area (Å²) >= 11 is 0. The van der Waals surface area contributed by atoms with Gasteiger partial charge in [-0.3, -0.25) is 15.2 Å². The zero-order valence-corrected chi connectivity index (χ0v) is 21.3. The van der Waals surface area contributed by atoms with Crippen molar-refractivity contribution in [2.75, 3.05) is 12.4 Å². The number of hydrogen-bond donors (Lipinski definition) is 3. The molecule has 9 nitrogen and oxygen atoms in total. The summed E-state index contributed by atoms with van der Waals surface area (Å²) in [4.78, 5) is 26.1. The molecule has 1 aliphatic heterocycles. The number of benzodiazepines with no additional fused rings is 1. The summed E-state index contributed by atoms with van der Waals surface area (Å²) in [6.45, 7) is 4.00. The number of pyridine rings is 1. The number of aromatic nitrogens is 1. The molecule has 1 aliphatic rings. The molecule has 4 N–H and O–H groups in total. The Morgan fingerprint density at radius 3 is 2.53 bits per heavy atom. The van der Waals surface area contributed by atoms with E-state index in [2.05, 4.69) is 20.3 Å². The Bertz CT molecular complexity index is 1530. The summed E-state index contributed by atoms with van der Waals surface area (Å²) in [7, 11) is 1.56. The minimum absolute atomic E-state index is 0.249. The second kappa shape index (κ2) is 11.8. The molecule has 0 radical (unpaired) electrons. The predicted molar refractivity (Wildman–Crippen MR) is 150 cm³/mol. The molecule has 192 valence electrons. The molecule has 0 bridgehead atoms. The molecule has 0 aliphatic carbocycles. The first kappa shape index (κ1) is 26.0. The van der Waals surface area contributed by atoms with Gasteiger partial charge in [0, 0.05) is 28.3 Å². The van der Waals surface area contributed by atoms with Crippen LogP contribution in [0.15, 0.2) is 95.0 Å². The molecule has 1 atom stereocenters. The number of aliphatic imine (C=N–C) groups is 2. The Morgan fingerprint density at radius 2 is 1.76 bits per heavy atom. The van der Waals surface area contributed by atoms with Crippen molar-refractivity contribution in [1.29, 1.82) is 5.41 Å². The van der Waals surface area contributed by atoms with Gasteiger partial charge in [-0.25, -0.2) is 4.99 Å². The van der Waals surface area contributed by atoms with Gasteiger partial charge < -0.3 is 20.5 Å². The molecule has 3 aromatic carbocycles. The van der Waals surface area contributed by atoms with E-state index in [1.807, 2.05) is 62.4 Å². The Kier molecular flexibility index (Phi) is 8.07. The van der Waals surface area contributed by atoms with Crippen LogP contribution in [0.3, 0.4) is 0 Å². The third-order valence-electron chi connectivity index (χ3n) is 5.62. The van der Waals surface area contributed by atoms with Gasteiger partial charge in [-0.2, -0.15) is 4.99 Å². The van der Waals surface area contributed by atoms with Crippen LogP contribution in [0.5, 0.6) is 5.75 Å². The van der Waals surface area contributed by atoms with Crippen molar-refractivity contribution in [3.05, 3.63) is 102 Å². The zero-order chi connectivity index (χ0) is 27.1. The van der Waals surface area contributed by atoms with Crippen LogP contribution in [0.4, 0.5) is 5.69 Å². The molecule has 38 heavy (non-hydrogen) atoms. The van der Waals surface area contributed by atoms with Crippen LogP contribution in [0.1, 0.15) is 30.5 Å². The minimum atomic E-state index is -1.21. The van der Waals surface area contributed by atoms with Crippen LogP contribution >= 0.6 is 0 Å². The highest BCUT2D eigenvalue weighted by atomic mass is 16.5. The number of benzene rings is 3. The molecule has 2 heterocycles. The van der Waals surface area contributed by atoms with Crippen molar-refractivity contribution in [2.24, 2.45) is 15.7 Å². The van der Waals surface area contributed by atoms with Gasteiger partial charge in [0.05, 0.1) is 24.0 Å². The van der Waals surface area contributed by atoms with Gasteiger partial charge in [0.1, 0.15) is 5.75 Å². The summed E-state index contributed by atoms with van der Waals surface area (Å²) < 4.78 is 10.8. The lowest BCUT2D eigenvalue weighted by atomic mass is 10.0. The number of methoxy groups -OCH3 is 1. The lowest BCUT2D eigenvalue weighted by Gasteiger charge is -2.11. The van der Waals surface area contributed by atoms with E-state index in [4.69, 9.17) is 20.6 Å². The van der Waals surface area contributed by atoms with Crippen LogP contribution in [0, 0.1) is 5.41 Å². The first-order valence-corrected chi connectivity index (χ1v) is 12.1. The average molecular weight is 509 g/mol. The van der Waals surface area contributed by atoms with Gasteiger partial charge >= 0.3 is 0 Å². The third-order valence-corrected chi connectivity index (χ3v) is 5.62. The molecule has 0 saturated carbocycles. The van der Waals surface area contributed by atoms with Gasteiger partial charge in [-0.15, -0.1) is 0 Å². The fourth-order valence-corrected chi connectivity index (χ4v) is 3.92. The summed E-state index contributed by atoms with van der Waals surface area (Å²) in [6, 6.07) is 23.5. The topological polar surface area (TPSA) is 135 Å². The van der Waals surface area contributed by atoms with Crippen molar-refractivity contribution in [3.63, 3.8) is 0 Å². The Morgan fingerprint density at radius 1 is 1.03 bits per heavy atom. The number of rotatable bonds is 4. The monoisotopic (exact) mass is 508 g/mol. The molecule has 5 rings (SSSR count). The van der Waals surface area contributed by atoms with E-state index in [0.29, 0.717) is 33.6 Å². The smallest absolute Gasteiger partial charge is 0.291 e. The van der Waals surface area contributed by atoms with Crippen molar-refractivity contribution in [1.82, 2.24) is 4.98 Å². The molecule has 0 spiro atoms. The number of anilines is 1. The maximum atomic E-state index is 13.0. The lowest BCUT2D eigenvalue weighted by molar-refractivity contribution is -0.117. The number of fused-ring (bicyclic) bond motifs is 2.